The zero-order chi connectivity index (χ0) is 17.0. The van der Waals surface area contributed by atoms with Crippen LogP contribution in [0.2, 0.25) is 0 Å². The van der Waals surface area contributed by atoms with E-state index in [1.165, 1.54) is 19.2 Å². The first-order valence-electron chi connectivity index (χ1n) is 6.06. The minimum atomic E-state index is -0.673. The van der Waals surface area contributed by atoms with Gasteiger partial charge < -0.3 is 20.1 Å². The van der Waals surface area contributed by atoms with Crippen molar-refractivity contribution in [2.75, 3.05) is 7.11 Å². The zero-order valence-electron chi connectivity index (χ0n) is 11.7. The van der Waals surface area contributed by atoms with Gasteiger partial charge in [-0.15, -0.1) is 5.10 Å². The third-order valence-electron chi connectivity index (χ3n) is 2.61. The molecular formula is C13H11N3O6S. The van der Waals surface area contributed by atoms with Crippen LogP contribution < -0.4 is 5.32 Å². The molecule has 0 bridgehead atoms. The number of hydrogen-bond acceptors (Lipinski definition) is 9. The molecule has 0 unspecified atom stereocenters. The summed E-state index contributed by atoms with van der Waals surface area (Å²) in [6.07, 6.45) is 2.15. The normalized spacial score (nSPS) is 17.9. The number of esters is 1. The Kier molecular flexibility index (Phi) is 4.86. The molecule has 1 aromatic rings. The van der Waals surface area contributed by atoms with Crippen molar-refractivity contribution in [2.45, 2.75) is 0 Å². The predicted molar refractivity (Wildman–Crippen MR) is 82.3 cm³/mol. The van der Waals surface area contributed by atoms with E-state index in [-0.39, 0.29) is 15.6 Å². The number of amidine groups is 1. The van der Waals surface area contributed by atoms with Crippen molar-refractivity contribution in [2.24, 2.45) is 10.2 Å². The monoisotopic (exact) mass is 337 g/mol. The molecule has 1 fully saturated rings. The summed E-state index contributed by atoms with van der Waals surface area (Å²) < 4.78 is 4.42. The van der Waals surface area contributed by atoms with Gasteiger partial charge in [0.15, 0.2) is 16.7 Å². The van der Waals surface area contributed by atoms with Crippen LogP contribution in [0.4, 0.5) is 0 Å². The minimum Gasteiger partial charge on any atom is -0.504 e. The predicted octanol–water partition coefficient (Wildman–Crippen LogP) is 0.413. The van der Waals surface area contributed by atoms with Gasteiger partial charge >= 0.3 is 5.97 Å². The highest BCUT2D eigenvalue weighted by atomic mass is 32.2. The first-order chi connectivity index (χ1) is 10.9. The minimum absolute atomic E-state index is 0.107. The number of hydrogen-bond donors (Lipinski definition) is 4. The molecule has 1 aliphatic rings. The van der Waals surface area contributed by atoms with Crippen molar-refractivity contribution in [1.82, 2.24) is 5.32 Å². The summed E-state index contributed by atoms with van der Waals surface area (Å²) in [5.74, 6) is -2.88. The maximum Gasteiger partial charge on any atom is 0.331 e. The maximum absolute atomic E-state index is 11.6. The van der Waals surface area contributed by atoms with E-state index >= 15 is 0 Å². The molecule has 1 aromatic carbocycles. The van der Waals surface area contributed by atoms with Crippen molar-refractivity contribution in [3.63, 3.8) is 0 Å². The van der Waals surface area contributed by atoms with Crippen molar-refractivity contribution in [3.8, 4) is 17.2 Å². The standard InChI is InChI=1S/C13H11N3O6S/c1-22-9(18)4-8-12(21)15-13(23-8)16-14-5-6-2-3-7(17)11(20)10(6)19/h2-5,17,19-20H,1H3,(H,15,16,21)/b8-4+,14-5?. The van der Waals surface area contributed by atoms with E-state index in [1.807, 2.05) is 0 Å². The first kappa shape index (κ1) is 16.4. The van der Waals surface area contributed by atoms with Gasteiger partial charge in [-0.25, -0.2) is 4.79 Å². The number of ether oxygens (including phenoxy) is 1. The van der Waals surface area contributed by atoms with Crippen molar-refractivity contribution < 1.29 is 29.6 Å². The number of methoxy groups -OCH3 is 1. The van der Waals surface area contributed by atoms with Crippen LogP contribution in [0.3, 0.4) is 0 Å². The lowest BCUT2D eigenvalue weighted by Gasteiger charge is -2.02. The molecule has 1 heterocycles. The van der Waals surface area contributed by atoms with Crippen LogP contribution in [0.25, 0.3) is 0 Å². The maximum atomic E-state index is 11.6. The number of nitrogens with zero attached hydrogens (tertiary/aromatic N) is 2. The van der Waals surface area contributed by atoms with Crippen LogP contribution in [0.15, 0.2) is 33.3 Å². The fraction of sp³-hybridized carbons (Fsp3) is 0.0769. The molecule has 1 amide bonds. The highest BCUT2D eigenvalue weighted by Gasteiger charge is 2.25. The molecule has 0 aliphatic carbocycles. The molecular weight excluding hydrogens is 326 g/mol. The topological polar surface area (TPSA) is 141 Å². The third-order valence-corrected chi connectivity index (χ3v) is 3.51. The zero-order valence-corrected chi connectivity index (χ0v) is 12.5. The van der Waals surface area contributed by atoms with E-state index in [1.54, 1.807) is 0 Å². The summed E-state index contributed by atoms with van der Waals surface area (Å²) in [6, 6.07) is 2.49. The van der Waals surface area contributed by atoms with Crippen molar-refractivity contribution in [3.05, 3.63) is 28.7 Å². The highest BCUT2D eigenvalue weighted by Crippen LogP contribution is 2.36. The summed E-state index contributed by atoms with van der Waals surface area (Å²) in [4.78, 5) is 22.8. The average Bonchev–Trinajstić information content (AvgIpc) is 2.87. The molecule has 0 atom stereocenters. The number of nitrogens with one attached hydrogen (secondary N) is 1. The summed E-state index contributed by atoms with van der Waals surface area (Å²) >= 11 is 0.891. The second-order valence-electron chi connectivity index (χ2n) is 4.11. The molecule has 0 spiro atoms. The number of amides is 1. The van der Waals surface area contributed by atoms with Gasteiger partial charge in [0, 0.05) is 11.6 Å². The Balaban J connectivity index is 2.13. The summed E-state index contributed by atoms with van der Waals surface area (Å²) in [5, 5.41) is 38.0. The number of benzene rings is 1. The van der Waals surface area contributed by atoms with E-state index in [0.717, 1.165) is 24.1 Å². The SMILES string of the molecule is COC(=O)/C=C1/S/C(=N\N=Cc2ccc(O)c(O)c2O)NC1=O. The van der Waals surface area contributed by atoms with Crippen LogP contribution in [0.5, 0.6) is 17.2 Å². The molecule has 10 heteroatoms. The first-order valence-corrected chi connectivity index (χ1v) is 6.87. The molecule has 2 rings (SSSR count). The summed E-state index contributed by atoms with van der Waals surface area (Å²) in [7, 11) is 1.19. The Hall–Kier alpha value is -3.01. The number of carbonyl (C=O) groups is 2. The van der Waals surface area contributed by atoms with E-state index in [4.69, 9.17) is 0 Å². The van der Waals surface area contributed by atoms with Crippen molar-refractivity contribution in [1.29, 1.82) is 0 Å². The van der Waals surface area contributed by atoms with Crippen LogP contribution in [0, 0.1) is 0 Å². The van der Waals surface area contributed by atoms with Gasteiger partial charge in [0.2, 0.25) is 5.75 Å². The smallest absolute Gasteiger partial charge is 0.331 e. The average molecular weight is 337 g/mol. The van der Waals surface area contributed by atoms with Gasteiger partial charge in [-0.2, -0.15) is 5.10 Å². The number of phenols is 3. The number of thioether (sulfide) groups is 1. The Morgan fingerprint density at radius 1 is 1.30 bits per heavy atom. The van der Waals surface area contributed by atoms with E-state index in [0.29, 0.717) is 0 Å². The molecule has 9 nitrogen and oxygen atoms in total. The van der Waals surface area contributed by atoms with Gasteiger partial charge in [0.05, 0.1) is 18.2 Å². The molecule has 0 radical (unpaired) electrons. The lowest BCUT2D eigenvalue weighted by Crippen LogP contribution is -2.19. The van der Waals surface area contributed by atoms with Crippen LogP contribution in [0.1, 0.15) is 5.56 Å². The molecule has 1 saturated heterocycles. The fourth-order valence-corrected chi connectivity index (χ4v) is 2.21. The van der Waals surface area contributed by atoms with E-state index in [9.17, 15) is 24.9 Å². The Morgan fingerprint density at radius 2 is 2.04 bits per heavy atom. The highest BCUT2D eigenvalue weighted by molar-refractivity contribution is 8.18. The molecule has 1 aliphatic heterocycles. The number of carbonyl (C=O) groups excluding carboxylic acids is 2. The quantitative estimate of drug-likeness (QED) is 0.206. The lowest BCUT2D eigenvalue weighted by atomic mass is 10.2. The number of rotatable bonds is 3. The summed E-state index contributed by atoms with van der Waals surface area (Å²) in [5.41, 5.74) is 0.115. The van der Waals surface area contributed by atoms with Gasteiger partial charge in [-0.05, 0) is 23.9 Å². The second kappa shape index (κ2) is 6.83. The third kappa shape index (κ3) is 3.80. The van der Waals surface area contributed by atoms with Gasteiger partial charge in [-0.3, -0.25) is 10.1 Å². The Bertz CT molecular complexity index is 756. The van der Waals surface area contributed by atoms with E-state index in [2.05, 4.69) is 20.3 Å². The molecule has 120 valence electrons. The van der Waals surface area contributed by atoms with Gasteiger partial charge in [0.1, 0.15) is 0 Å². The molecule has 0 saturated carbocycles. The van der Waals surface area contributed by atoms with Crippen LogP contribution in [-0.4, -0.2) is 45.7 Å². The van der Waals surface area contributed by atoms with Gasteiger partial charge in [0.25, 0.3) is 5.91 Å². The second-order valence-corrected chi connectivity index (χ2v) is 5.14. The Morgan fingerprint density at radius 3 is 2.74 bits per heavy atom. The van der Waals surface area contributed by atoms with Gasteiger partial charge in [-0.1, -0.05) is 0 Å². The summed E-state index contributed by atoms with van der Waals surface area (Å²) in [6.45, 7) is 0. The molecule has 4 N–H and O–H groups in total. The molecule has 23 heavy (non-hydrogen) atoms. The number of phenolic OH excluding ortho intramolecular Hbond substituents is 3. The van der Waals surface area contributed by atoms with Crippen molar-refractivity contribution >= 4 is 35.0 Å². The van der Waals surface area contributed by atoms with Crippen LogP contribution in [-0.2, 0) is 14.3 Å². The van der Waals surface area contributed by atoms with E-state index < -0.39 is 29.1 Å². The Labute approximate surface area is 134 Å². The lowest BCUT2D eigenvalue weighted by molar-refractivity contribution is -0.135. The number of aromatic hydroxyl groups is 3. The largest absolute Gasteiger partial charge is 0.504 e. The van der Waals surface area contributed by atoms with Crippen LogP contribution >= 0.6 is 11.8 Å². The fourth-order valence-electron chi connectivity index (χ4n) is 1.47. The molecule has 0 aromatic heterocycles.